The maximum atomic E-state index is 5.70. The molecule has 1 saturated heterocycles. The summed E-state index contributed by atoms with van der Waals surface area (Å²) in [6.07, 6.45) is 5.15. The van der Waals surface area contributed by atoms with Gasteiger partial charge in [-0.3, -0.25) is 0 Å². The smallest absolute Gasteiger partial charge is 0.160 e. The van der Waals surface area contributed by atoms with E-state index in [2.05, 4.69) is 14.5 Å². The molecule has 5 nitrogen and oxygen atoms in total. The first-order chi connectivity index (χ1) is 8.88. The van der Waals surface area contributed by atoms with E-state index >= 15 is 0 Å². The van der Waals surface area contributed by atoms with Crippen LogP contribution in [0.25, 0.3) is 11.2 Å². The van der Waals surface area contributed by atoms with E-state index in [9.17, 15) is 0 Å². The quantitative estimate of drug-likeness (QED) is 0.877. The predicted molar refractivity (Wildman–Crippen MR) is 69.3 cm³/mol. The molecule has 1 unspecified atom stereocenters. The molecule has 0 bridgehead atoms. The van der Waals surface area contributed by atoms with Gasteiger partial charge in [0, 0.05) is 19.2 Å². The molecule has 0 amide bonds. The van der Waals surface area contributed by atoms with Crippen LogP contribution in [-0.4, -0.2) is 33.8 Å². The third kappa shape index (κ3) is 2.11. The molecule has 2 aromatic heterocycles. The number of aromatic nitrogens is 3. The average molecular weight is 246 g/mol. The van der Waals surface area contributed by atoms with Crippen molar-refractivity contribution in [1.29, 1.82) is 0 Å². The van der Waals surface area contributed by atoms with Crippen molar-refractivity contribution in [1.82, 2.24) is 14.5 Å². The summed E-state index contributed by atoms with van der Waals surface area (Å²) in [7, 11) is 0. The molecular formula is C13H18N4O. The summed E-state index contributed by atoms with van der Waals surface area (Å²) in [5, 5.41) is 0. The Balaban J connectivity index is 1.97. The number of hydrogen-bond acceptors (Lipinski definition) is 4. The van der Waals surface area contributed by atoms with Gasteiger partial charge in [0.25, 0.3) is 0 Å². The molecule has 3 rings (SSSR count). The summed E-state index contributed by atoms with van der Waals surface area (Å²) in [6.45, 7) is 2.31. The molecule has 0 spiro atoms. The number of ether oxygens (including phenoxy) is 1. The SMILES string of the molecule is NCCc1nc2cccnc2n1CC1CCCO1. The molecule has 3 heterocycles. The summed E-state index contributed by atoms with van der Waals surface area (Å²) >= 11 is 0. The van der Waals surface area contributed by atoms with E-state index in [1.807, 2.05) is 18.3 Å². The van der Waals surface area contributed by atoms with Crippen molar-refractivity contribution in [2.45, 2.75) is 31.9 Å². The van der Waals surface area contributed by atoms with E-state index in [1.165, 1.54) is 0 Å². The Hall–Kier alpha value is -1.46. The Kier molecular flexibility index (Phi) is 3.25. The topological polar surface area (TPSA) is 66.0 Å². The first-order valence-corrected chi connectivity index (χ1v) is 6.50. The number of nitrogens with two attached hydrogens (primary N) is 1. The van der Waals surface area contributed by atoms with E-state index < -0.39 is 0 Å². The largest absolute Gasteiger partial charge is 0.376 e. The Bertz CT molecular complexity index is 531. The van der Waals surface area contributed by atoms with Gasteiger partial charge in [-0.05, 0) is 31.5 Å². The second-order valence-corrected chi connectivity index (χ2v) is 4.66. The molecular weight excluding hydrogens is 228 g/mol. The molecule has 18 heavy (non-hydrogen) atoms. The first kappa shape index (κ1) is 11.6. The second kappa shape index (κ2) is 5.04. The molecule has 2 aromatic rings. The molecule has 2 N–H and O–H groups in total. The van der Waals surface area contributed by atoms with Gasteiger partial charge < -0.3 is 15.0 Å². The van der Waals surface area contributed by atoms with Gasteiger partial charge in [0.2, 0.25) is 0 Å². The van der Waals surface area contributed by atoms with Crippen LogP contribution in [0.5, 0.6) is 0 Å². The predicted octanol–water partition coefficient (Wildman–Crippen LogP) is 1.11. The lowest BCUT2D eigenvalue weighted by molar-refractivity contribution is 0.0971. The van der Waals surface area contributed by atoms with Gasteiger partial charge in [-0.25, -0.2) is 9.97 Å². The molecule has 5 heteroatoms. The second-order valence-electron chi connectivity index (χ2n) is 4.66. The Labute approximate surface area is 106 Å². The standard InChI is InChI=1S/C13H18N4O/c14-6-5-12-16-11-4-1-7-15-13(11)17(12)9-10-3-2-8-18-10/h1,4,7,10H,2-3,5-6,8-9,14H2. The van der Waals surface area contributed by atoms with E-state index in [4.69, 9.17) is 10.5 Å². The highest BCUT2D eigenvalue weighted by molar-refractivity contribution is 5.71. The zero-order valence-electron chi connectivity index (χ0n) is 10.4. The monoisotopic (exact) mass is 246 g/mol. The Morgan fingerprint density at radius 1 is 1.50 bits per heavy atom. The van der Waals surface area contributed by atoms with Gasteiger partial charge in [-0.2, -0.15) is 0 Å². The van der Waals surface area contributed by atoms with Crippen LogP contribution in [0.2, 0.25) is 0 Å². The fraction of sp³-hybridized carbons (Fsp3) is 0.538. The maximum Gasteiger partial charge on any atom is 0.160 e. The lowest BCUT2D eigenvalue weighted by atomic mass is 10.2. The Morgan fingerprint density at radius 3 is 3.22 bits per heavy atom. The van der Waals surface area contributed by atoms with Crippen LogP contribution in [0.15, 0.2) is 18.3 Å². The third-order valence-electron chi connectivity index (χ3n) is 3.36. The van der Waals surface area contributed by atoms with Gasteiger partial charge in [-0.1, -0.05) is 0 Å². The first-order valence-electron chi connectivity index (χ1n) is 6.50. The van der Waals surface area contributed by atoms with Crippen LogP contribution >= 0.6 is 0 Å². The van der Waals surface area contributed by atoms with E-state index in [0.29, 0.717) is 12.6 Å². The highest BCUT2D eigenvalue weighted by Crippen LogP contribution is 2.19. The summed E-state index contributed by atoms with van der Waals surface area (Å²) in [5.74, 6) is 1.02. The summed E-state index contributed by atoms with van der Waals surface area (Å²) in [5.41, 5.74) is 7.54. The minimum absolute atomic E-state index is 0.293. The molecule has 1 fully saturated rings. The maximum absolute atomic E-state index is 5.70. The van der Waals surface area contributed by atoms with Gasteiger partial charge in [0.1, 0.15) is 11.3 Å². The van der Waals surface area contributed by atoms with E-state index in [-0.39, 0.29) is 0 Å². The van der Waals surface area contributed by atoms with Gasteiger partial charge in [0.05, 0.1) is 12.6 Å². The minimum atomic E-state index is 0.293. The minimum Gasteiger partial charge on any atom is -0.376 e. The number of pyridine rings is 1. The molecule has 0 saturated carbocycles. The molecule has 1 aliphatic rings. The van der Waals surface area contributed by atoms with E-state index in [0.717, 1.165) is 49.4 Å². The third-order valence-corrected chi connectivity index (χ3v) is 3.36. The lowest BCUT2D eigenvalue weighted by Crippen LogP contribution is -2.18. The molecule has 1 atom stereocenters. The average Bonchev–Trinajstić information content (AvgIpc) is 3.00. The van der Waals surface area contributed by atoms with Crippen molar-refractivity contribution in [3.63, 3.8) is 0 Å². The number of fused-ring (bicyclic) bond motifs is 1. The van der Waals surface area contributed by atoms with Crippen LogP contribution in [0.4, 0.5) is 0 Å². The number of imidazole rings is 1. The summed E-state index contributed by atoms with van der Waals surface area (Å²) in [6, 6.07) is 3.91. The molecule has 96 valence electrons. The fourth-order valence-corrected chi connectivity index (χ4v) is 2.51. The highest BCUT2D eigenvalue weighted by atomic mass is 16.5. The molecule has 0 aromatic carbocycles. The van der Waals surface area contributed by atoms with Crippen LogP contribution in [-0.2, 0) is 17.7 Å². The number of nitrogens with zero attached hydrogens (tertiary/aromatic N) is 3. The lowest BCUT2D eigenvalue weighted by Gasteiger charge is -2.13. The summed E-state index contributed by atoms with van der Waals surface area (Å²) < 4.78 is 7.87. The zero-order valence-corrected chi connectivity index (χ0v) is 10.4. The fourth-order valence-electron chi connectivity index (χ4n) is 2.51. The van der Waals surface area contributed by atoms with Gasteiger partial charge >= 0.3 is 0 Å². The van der Waals surface area contributed by atoms with Crippen LogP contribution in [0.3, 0.4) is 0 Å². The molecule has 0 aliphatic carbocycles. The Morgan fingerprint density at radius 2 is 2.44 bits per heavy atom. The molecule has 1 aliphatic heterocycles. The zero-order chi connectivity index (χ0) is 12.4. The van der Waals surface area contributed by atoms with E-state index in [1.54, 1.807) is 0 Å². The van der Waals surface area contributed by atoms with Gasteiger partial charge in [-0.15, -0.1) is 0 Å². The number of rotatable bonds is 4. The van der Waals surface area contributed by atoms with Crippen molar-refractivity contribution in [3.05, 3.63) is 24.2 Å². The van der Waals surface area contributed by atoms with Crippen LogP contribution < -0.4 is 5.73 Å². The van der Waals surface area contributed by atoms with Crippen molar-refractivity contribution in [3.8, 4) is 0 Å². The van der Waals surface area contributed by atoms with Crippen molar-refractivity contribution >= 4 is 11.2 Å². The summed E-state index contributed by atoms with van der Waals surface area (Å²) in [4.78, 5) is 9.04. The molecule has 0 radical (unpaired) electrons. The highest BCUT2D eigenvalue weighted by Gasteiger charge is 2.19. The normalized spacial score (nSPS) is 19.7. The van der Waals surface area contributed by atoms with Crippen LogP contribution in [0, 0.1) is 0 Å². The van der Waals surface area contributed by atoms with Crippen LogP contribution in [0.1, 0.15) is 18.7 Å². The number of hydrogen-bond donors (Lipinski definition) is 1. The van der Waals surface area contributed by atoms with Crippen molar-refractivity contribution < 1.29 is 4.74 Å². The van der Waals surface area contributed by atoms with Gasteiger partial charge in [0.15, 0.2) is 5.65 Å². The van der Waals surface area contributed by atoms with Crippen molar-refractivity contribution in [2.24, 2.45) is 5.73 Å². The van der Waals surface area contributed by atoms with Crippen molar-refractivity contribution in [2.75, 3.05) is 13.2 Å².